The second kappa shape index (κ2) is 10.3. The molecule has 1 aromatic rings. The van der Waals surface area contributed by atoms with Crippen LogP contribution in [0, 0.1) is 17.8 Å². The van der Waals surface area contributed by atoms with E-state index in [0.29, 0.717) is 6.04 Å². The Labute approximate surface area is 160 Å². The fraction of sp³-hybridized carbons (Fsp3) is 0.700. The number of aromatic nitrogens is 2. The van der Waals surface area contributed by atoms with E-state index in [1.807, 2.05) is 12.4 Å². The normalized spacial score (nSPS) is 24.5. The highest BCUT2D eigenvalue weighted by Crippen LogP contribution is 2.26. The van der Waals surface area contributed by atoms with Crippen LogP contribution in [0.4, 0.5) is 0 Å². The number of hydrogen-bond acceptors (Lipinski definition) is 4. The number of rotatable bonds is 5. The third-order valence-electron chi connectivity index (χ3n) is 5.34. The maximum absolute atomic E-state index is 4.32. The summed E-state index contributed by atoms with van der Waals surface area (Å²) in [6, 6.07) is 0.602. The Kier molecular flexibility index (Phi) is 7.72. The zero-order valence-electron chi connectivity index (χ0n) is 15.0. The Morgan fingerprint density at radius 3 is 2.48 bits per heavy atom. The van der Waals surface area contributed by atoms with Gasteiger partial charge in [-0.2, -0.15) is 0 Å². The lowest BCUT2D eigenvalue weighted by Gasteiger charge is -2.28. The van der Waals surface area contributed by atoms with Crippen molar-refractivity contribution in [1.29, 1.82) is 0 Å². The maximum Gasteiger partial charge on any atom is 0.142 e. The average molecular weight is 405 g/mol. The van der Waals surface area contributed by atoms with Crippen molar-refractivity contribution >= 4 is 15.9 Å². The highest BCUT2D eigenvalue weighted by molar-refractivity contribution is 9.10. The van der Waals surface area contributed by atoms with Crippen molar-refractivity contribution in [3.63, 3.8) is 0 Å². The van der Waals surface area contributed by atoms with Crippen LogP contribution < -0.4 is 5.32 Å². The van der Waals surface area contributed by atoms with Crippen LogP contribution in [0.3, 0.4) is 0 Å². The molecule has 1 aromatic heterocycles. The molecule has 2 aliphatic rings. The zero-order chi connectivity index (χ0) is 17.3. The van der Waals surface area contributed by atoms with Crippen molar-refractivity contribution in [3.8, 4) is 11.8 Å². The minimum Gasteiger partial charge on any atom is -0.307 e. The smallest absolute Gasteiger partial charge is 0.142 e. The molecule has 2 heterocycles. The summed E-state index contributed by atoms with van der Waals surface area (Å²) in [4.78, 5) is 11.1. The quantitative estimate of drug-likeness (QED) is 0.758. The summed E-state index contributed by atoms with van der Waals surface area (Å²) < 4.78 is 0.929. The molecule has 4 nitrogen and oxygen atoms in total. The first-order valence-corrected chi connectivity index (χ1v) is 10.5. The predicted molar refractivity (Wildman–Crippen MR) is 105 cm³/mol. The van der Waals surface area contributed by atoms with Crippen LogP contribution in [0.2, 0.25) is 0 Å². The number of hydrogen-bond donors (Lipinski definition) is 1. The molecule has 0 aromatic carbocycles. The topological polar surface area (TPSA) is 41.1 Å². The van der Waals surface area contributed by atoms with E-state index in [1.54, 1.807) is 0 Å². The molecule has 1 aliphatic carbocycles. The fourth-order valence-electron chi connectivity index (χ4n) is 3.74. The molecule has 0 unspecified atom stereocenters. The standard InChI is InChI=1S/C20H29BrN4/c21-18-14-23-20(24-15-18)16-22-19-9-7-17(8-10-19)6-2-5-13-25-11-3-1-4-12-25/h14-15,17,19,22H,1,3-4,6-13,16H2. The van der Waals surface area contributed by atoms with Crippen molar-refractivity contribution in [2.75, 3.05) is 19.6 Å². The second-order valence-corrected chi connectivity index (χ2v) is 8.23. The first-order valence-electron chi connectivity index (χ1n) is 9.67. The van der Waals surface area contributed by atoms with Gasteiger partial charge in [-0.3, -0.25) is 4.90 Å². The van der Waals surface area contributed by atoms with Gasteiger partial charge in [0.15, 0.2) is 0 Å². The van der Waals surface area contributed by atoms with Crippen LogP contribution >= 0.6 is 15.9 Å². The van der Waals surface area contributed by atoms with E-state index in [4.69, 9.17) is 0 Å². The van der Waals surface area contributed by atoms with Gasteiger partial charge >= 0.3 is 0 Å². The Morgan fingerprint density at radius 1 is 1.04 bits per heavy atom. The summed E-state index contributed by atoms with van der Waals surface area (Å²) in [5, 5.41) is 3.61. The van der Waals surface area contributed by atoms with Crippen LogP contribution in [0.5, 0.6) is 0 Å². The van der Waals surface area contributed by atoms with Gasteiger partial charge in [0.2, 0.25) is 0 Å². The number of nitrogens with zero attached hydrogens (tertiary/aromatic N) is 3. The van der Waals surface area contributed by atoms with Gasteiger partial charge in [-0.15, -0.1) is 5.92 Å². The van der Waals surface area contributed by atoms with Gasteiger partial charge in [0.1, 0.15) is 5.82 Å². The lowest BCUT2D eigenvalue weighted by atomic mass is 9.84. The van der Waals surface area contributed by atoms with Crippen molar-refractivity contribution in [1.82, 2.24) is 20.2 Å². The Morgan fingerprint density at radius 2 is 1.76 bits per heavy atom. The van der Waals surface area contributed by atoms with E-state index in [9.17, 15) is 0 Å². The van der Waals surface area contributed by atoms with Crippen LogP contribution in [-0.4, -0.2) is 40.5 Å². The molecule has 5 heteroatoms. The van der Waals surface area contributed by atoms with Gasteiger partial charge in [-0.05, 0) is 73.5 Å². The predicted octanol–water partition coefficient (Wildman–Crippen LogP) is 3.77. The van der Waals surface area contributed by atoms with E-state index in [2.05, 4.69) is 48.0 Å². The van der Waals surface area contributed by atoms with Crippen LogP contribution in [-0.2, 0) is 6.54 Å². The van der Waals surface area contributed by atoms with Crippen molar-refractivity contribution < 1.29 is 0 Å². The number of nitrogens with one attached hydrogen (secondary N) is 1. The first-order chi connectivity index (χ1) is 12.3. The highest BCUT2D eigenvalue weighted by Gasteiger charge is 2.20. The molecule has 0 amide bonds. The molecule has 0 spiro atoms. The van der Waals surface area contributed by atoms with Crippen molar-refractivity contribution in [2.24, 2.45) is 5.92 Å². The molecule has 0 atom stereocenters. The number of piperidine rings is 1. The number of likely N-dealkylation sites (tertiary alicyclic amines) is 1. The summed E-state index contributed by atoms with van der Waals surface area (Å²) in [7, 11) is 0. The Balaban J connectivity index is 1.30. The van der Waals surface area contributed by atoms with Crippen molar-refractivity contribution in [3.05, 3.63) is 22.7 Å². The third kappa shape index (κ3) is 6.69. The minimum atomic E-state index is 0.602. The average Bonchev–Trinajstić information content (AvgIpc) is 2.67. The molecule has 0 bridgehead atoms. The van der Waals surface area contributed by atoms with Crippen LogP contribution in [0.25, 0.3) is 0 Å². The summed E-state index contributed by atoms with van der Waals surface area (Å²) >= 11 is 3.37. The van der Waals surface area contributed by atoms with Gasteiger partial charge in [0, 0.05) is 24.9 Å². The molecule has 0 radical (unpaired) electrons. The minimum absolute atomic E-state index is 0.602. The third-order valence-corrected chi connectivity index (χ3v) is 5.75. The van der Waals surface area contributed by atoms with E-state index >= 15 is 0 Å². The maximum atomic E-state index is 4.32. The van der Waals surface area contributed by atoms with Crippen LogP contribution in [0.15, 0.2) is 16.9 Å². The Bertz CT molecular complexity index is 564. The zero-order valence-corrected chi connectivity index (χ0v) is 16.6. The van der Waals surface area contributed by atoms with Gasteiger partial charge in [-0.25, -0.2) is 9.97 Å². The van der Waals surface area contributed by atoms with E-state index < -0.39 is 0 Å². The SMILES string of the molecule is Brc1cnc(CNC2CCC(CC#CCN3CCCCC3)CC2)nc1. The van der Waals surface area contributed by atoms with Gasteiger partial charge in [0.05, 0.1) is 17.6 Å². The van der Waals surface area contributed by atoms with Crippen LogP contribution in [0.1, 0.15) is 57.2 Å². The molecule has 136 valence electrons. The lowest BCUT2D eigenvalue weighted by Crippen LogP contribution is -2.33. The number of halogens is 1. The molecule has 25 heavy (non-hydrogen) atoms. The van der Waals surface area contributed by atoms with Crippen molar-refractivity contribution in [2.45, 2.75) is 64.0 Å². The largest absolute Gasteiger partial charge is 0.307 e. The second-order valence-electron chi connectivity index (χ2n) is 7.31. The fourth-order valence-corrected chi connectivity index (χ4v) is 3.94. The summed E-state index contributed by atoms with van der Waals surface area (Å²) in [5.74, 6) is 8.51. The summed E-state index contributed by atoms with van der Waals surface area (Å²) in [5.41, 5.74) is 0. The summed E-state index contributed by atoms with van der Waals surface area (Å²) in [6.45, 7) is 4.23. The molecule has 1 N–H and O–H groups in total. The van der Waals surface area contributed by atoms with Gasteiger partial charge in [0.25, 0.3) is 0 Å². The lowest BCUT2D eigenvalue weighted by molar-refractivity contribution is 0.255. The Hall–Kier alpha value is -0.960. The molecule has 3 rings (SSSR count). The van der Waals surface area contributed by atoms with Gasteiger partial charge in [-0.1, -0.05) is 12.3 Å². The highest BCUT2D eigenvalue weighted by atomic mass is 79.9. The molecular weight excluding hydrogens is 376 g/mol. The first kappa shape index (κ1) is 18.8. The molecule has 1 aliphatic heterocycles. The summed E-state index contributed by atoms with van der Waals surface area (Å²) in [6.07, 6.45) is 13.9. The molecule has 2 fully saturated rings. The van der Waals surface area contributed by atoms with E-state index in [-0.39, 0.29) is 0 Å². The molecule has 1 saturated heterocycles. The molecule has 1 saturated carbocycles. The monoisotopic (exact) mass is 404 g/mol. The van der Waals surface area contributed by atoms with E-state index in [0.717, 1.165) is 35.7 Å². The van der Waals surface area contributed by atoms with E-state index in [1.165, 1.54) is 58.0 Å². The molecular formula is C20H29BrN4. The van der Waals surface area contributed by atoms with Gasteiger partial charge < -0.3 is 5.32 Å².